The summed E-state index contributed by atoms with van der Waals surface area (Å²) in [5, 5.41) is 4.46. The summed E-state index contributed by atoms with van der Waals surface area (Å²) in [7, 11) is 1.64. The number of hydrogen-bond donors (Lipinski definition) is 0. The molecule has 0 aliphatic carbocycles. The van der Waals surface area contributed by atoms with Crippen LogP contribution in [0.4, 0.5) is 0 Å². The highest BCUT2D eigenvalue weighted by atomic mass is 16.5. The molecule has 8 heteroatoms. The molecule has 2 aromatic heterocycles. The smallest absolute Gasteiger partial charge is 0.336 e. The van der Waals surface area contributed by atoms with E-state index in [0.717, 1.165) is 10.9 Å². The first-order chi connectivity index (χ1) is 12.3. The second-order valence-corrected chi connectivity index (χ2v) is 6.10. The third-order valence-electron chi connectivity index (χ3n) is 3.90. The van der Waals surface area contributed by atoms with Crippen LogP contribution in [0.1, 0.15) is 24.2 Å². The van der Waals surface area contributed by atoms with Gasteiger partial charge in [0, 0.05) is 18.5 Å². The van der Waals surface area contributed by atoms with Crippen LogP contribution in [-0.4, -0.2) is 34.1 Å². The lowest BCUT2D eigenvalue weighted by Gasteiger charge is -2.21. The van der Waals surface area contributed by atoms with Gasteiger partial charge in [0.15, 0.2) is 11.9 Å². The first-order valence-corrected chi connectivity index (χ1v) is 8.09. The fraction of sp³-hybridized carbons (Fsp3) is 0.333. The summed E-state index contributed by atoms with van der Waals surface area (Å²) in [6.07, 6.45) is -0.711. The summed E-state index contributed by atoms with van der Waals surface area (Å²) in [6.45, 7) is 5.40. The summed E-state index contributed by atoms with van der Waals surface area (Å²) in [5.41, 5.74) is 0.861. The number of fused-ring (bicyclic) bond motifs is 1. The number of aryl methyl sites for hydroxylation is 2. The van der Waals surface area contributed by atoms with Crippen molar-refractivity contribution in [2.24, 2.45) is 0 Å². The maximum atomic E-state index is 12.5. The van der Waals surface area contributed by atoms with Crippen LogP contribution in [0.2, 0.25) is 0 Å². The molecule has 0 aliphatic heterocycles. The Hall–Kier alpha value is -3.16. The zero-order valence-electron chi connectivity index (χ0n) is 15.0. The number of carbonyl (C=O) groups is 1. The molecule has 0 radical (unpaired) electrons. The van der Waals surface area contributed by atoms with Crippen molar-refractivity contribution in [3.05, 3.63) is 52.0 Å². The van der Waals surface area contributed by atoms with Crippen LogP contribution in [-0.2, 0) is 11.3 Å². The summed E-state index contributed by atoms with van der Waals surface area (Å²) < 4.78 is 15.9. The van der Waals surface area contributed by atoms with Gasteiger partial charge in [-0.15, -0.1) is 0 Å². The second kappa shape index (κ2) is 6.99. The van der Waals surface area contributed by atoms with Crippen LogP contribution in [0.5, 0.6) is 5.75 Å². The molecule has 8 nitrogen and oxygen atoms in total. The molecule has 0 aliphatic rings. The Bertz CT molecular complexity index is 1010. The van der Waals surface area contributed by atoms with Gasteiger partial charge < -0.3 is 18.6 Å². The van der Waals surface area contributed by atoms with E-state index < -0.39 is 11.7 Å². The third kappa shape index (κ3) is 3.74. The van der Waals surface area contributed by atoms with Crippen LogP contribution >= 0.6 is 0 Å². The molecule has 0 saturated carbocycles. The lowest BCUT2D eigenvalue weighted by Crippen LogP contribution is -2.37. The average molecular weight is 357 g/mol. The van der Waals surface area contributed by atoms with Gasteiger partial charge >= 0.3 is 5.63 Å². The van der Waals surface area contributed by atoms with Crippen LogP contribution in [0.3, 0.4) is 0 Å². The quantitative estimate of drug-likeness (QED) is 0.646. The zero-order valence-corrected chi connectivity index (χ0v) is 15.0. The van der Waals surface area contributed by atoms with E-state index in [1.807, 2.05) is 6.92 Å². The molecule has 0 spiro atoms. The summed E-state index contributed by atoms with van der Waals surface area (Å²) in [5.74, 6) is 1.17. The lowest BCUT2D eigenvalue weighted by molar-refractivity contribution is -0.137. The zero-order chi connectivity index (χ0) is 18.8. The second-order valence-electron chi connectivity index (χ2n) is 6.10. The van der Waals surface area contributed by atoms with E-state index >= 15 is 0 Å². The molecule has 26 heavy (non-hydrogen) atoms. The van der Waals surface area contributed by atoms with Gasteiger partial charge in [0.05, 0.1) is 6.54 Å². The van der Waals surface area contributed by atoms with Gasteiger partial charge in [-0.25, -0.2) is 4.79 Å². The Balaban J connectivity index is 1.72. The number of likely N-dealkylation sites (N-methyl/N-ethyl adjacent to an activating group) is 1. The molecule has 0 bridgehead atoms. The Morgan fingerprint density at radius 2 is 2.08 bits per heavy atom. The number of benzene rings is 1. The Kier molecular flexibility index (Phi) is 4.75. The average Bonchev–Trinajstić information content (AvgIpc) is 2.99. The number of nitrogens with zero attached hydrogens (tertiary/aromatic N) is 3. The number of aromatic nitrogens is 2. The minimum absolute atomic E-state index is 0.204. The molecule has 1 aromatic carbocycles. The van der Waals surface area contributed by atoms with Crippen LogP contribution in [0, 0.1) is 13.8 Å². The van der Waals surface area contributed by atoms with E-state index in [-0.39, 0.29) is 12.5 Å². The van der Waals surface area contributed by atoms with Gasteiger partial charge in [-0.05, 0) is 44.5 Å². The predicted molar refractivity (Wildman–Crippen MR) is 92.8 cm³/mol. The van der Waals surface area contributed by atoms with E-state index in [1.165, 1.54) is 11.0 Å². The van der Waals surface area contributed by atoms with Crippen molar-refractivity contribution in [2.45, 2.75) is 33.4 Å². The van der Waals surface area contributed by atoms with E-state index in [4.69, 9.17) is 13.7 Å². The van der Waals surface area contributed by atoms with Crippen LogP contribution in [0.25, 0.3) is 11.0 Å². The van der Waals surface area contributed by atoms with Crippen LogP contribution < -0.4 is 10.4 Å². The predicted octanol–water partition coefficient (Wildman–Crippen LogP) is 2.22. The highest BCUT2D eigenvalue weighted by Crippen LogP contribution is 2.23. The molecule has 0 N–H and O–H groups in total. The summed E-state index contributed by atoms with van der Waals surface area (Å²) in [4.78, 5) is 29.4. The minimum atomic E-state index is -0.711. The monoisotopic (exact) mass is 357 g/mol. The summed E-state index contributed by atoms with van der Waals surface area (Å²) in [6, 6.07) is 6.48. The number of rotatable bonds is 5. The van der Waals surface area contributed by atoms with Crippen molar-refractivity contribution < 1.29 is 18.5 Å². The molecule has 0 unspecified atom stereocenters. The third-order valence-corrected chi connectivity index (χ3v) is 3.90. The lowest BCUT2D eigenvalue weighted by atomic mass is 10.1. The van der Waals surface area contributed by atoms with Crippen molar-refractivity contribution in [3.8, 4) is 5.75 Å². The minimum Gasteiger partial charge on any atom is -0.481 e. The van der Waals surface area contributed by atoms with Gasteiger partial charge in [-0.3, -0.25) is 4.79 Å². The molecular formula is C18H19N3O5. The largest absolute Gasteiger partial charge is 0.481 e. The van der Waals surface area contributed by atoms with Crippen molar-refractivity contribution in [3.63, 3.8) is 0 Å². The normalized spacial score (nSPS) is 12.2. The SMILES string of the molecule is Cc1noc(CN(C)C(=O)[C@H](C)Oc2ccc3oc(=O)cc(C)c3c2)n1. The number of amides is 1. The molecule has 0 fully saturated rings. The first-order valence-electron chi connectivity index (χ1n) is 8.09. The number of ether oxygens (including phenoxy) is 1. The first kappa shape index (κ1) is 17.7. The molecule has 1 atom stereocenters. The number of carbonyl (C=O) groups excluding carboxylic acids is 1. The maximum absolute atomic E-state index is 12.5. The van der Waals surface area contributed by atoms with Crippen molar-refractivity contribution in [2.75, 3.05) is 7.05 Å². The number of hydrogen-bond acceptors (Lipinski definition) is 7. The fourth-order valence-corrected chi connectivity index (χ4v) is 2.62. The molecule has 0 saturated heterocycles. The highest BCUT2D eigenvalue weighted by molar-refractivity contribution is 5.82. The molecule has 2 heterocycles. The van der Waals surface area contributed by atoms with Gasteiger partial charge in [0.25, 0.3) is 5.91 Å². The van der Waals surface area contributed by atoms with Crippen LogP contribution in [0.15, 0.2) is 38.0 Å². The Morgan fingerprint density at radius 3 is 2.77 bits per heavy atom. The maximum Gasteiger partial charge on any atom is 0.336 e. The topological polar surface area (TPSA) is 98.7 Å². The van der Waals surface area contributed by atoms with Crippen molar-refractivity contribution >= 4 is 16.9 Å². The molecule has 3 aromatic rings. The Morgan fingerprint density at radius 1 is 1.31 bits per heavy atom. The highest BCUT2D eigenvalue weighted by Gasteiger charge is 2.21. The molecule has 136 valence electrons. The van der Waals surface area contributed by atoms with E-state index in [0.29, 0.717) is 23.0 Å². The van der Waals surface area contributed by atoms with E-state index in [9.17, 15) is 9.59 Å². The Labute approximate surface area is 149 Å². The van der Waals surface area contributed by atoms with E-state index in [1.54, 1.807) is 39.1 Å². The molecular weight excluding hydrogens is 338 g/mol. The van der Waals surface area contributed by atoms with Gasteiger partial charge in [0.2, 0.25) is 5.89 Å². The van der Waals surface area contributed by atoms with Gasteiger partial charge in [-0.1, -0.05) is 5.16 Å². The van der Waals surface area contributed by atoms with Gasteiger partial charge in [0.1, 0.15) is 11.3 Å². The summed E-state index contributed by atoms with van der Waals surface area (Å²) >= 11 is 0. The van der Waals surface area contributed by atoms with Crippen molar-refractivity contribution in [1.82, 2.24) is 15.0 Å². The van der Waals surface area contributed by atoms with Gasteiger partial charge in [-0.2, -0.15) is 4.98 Å². The molecule has 3 rings (SSSR count). The van der Waals surface area contributed by atoms with E-state index in [2.05, 4.69) is 10.1 Å². The fourth-order valence-electron chi connectivity index (χ4n) is 2.62. The standard InChI is InChI=1S/C18H19N3O5/c1-10-7-17(22)25-15-6-5-13(8-14(10)15)24-11(2)18(23)21(4)9-16-19-12(3)20-26-16/h5-8,11H,9H2,1-4H3/t11-/m0/s1. The van der Waals surface area contributed by atoms with Crippen molar-refractivity contribution in [1.29, 1.82) is 0 Å². The molecule has 1 amide bonds.